The molecule has 0 aliphatic heterocycles. The number of rotatable bonds is 2. The molecule has 0 aliphatic carbocycles. The quantitative estimate of drug-likeness (QED) is 0.584. The average molecular weight is 480 g/mol. The molecule has 0 aliphatic rings. The topological polar surface area (TPSA) is 63.6 Å². The Morgan fingerprint density at radius 2 is 1.50 bits per heavy atom. The van der Waals surface area contributed by atoms with Gasteiger partial charge in [-0.25, -0.2) is 18.4 Å². The SMILES string of the molecule is C.COC(=O)c1scc(Br)c1F.O=C(O)c1scc(Br)c1F. The van der Waals surface area contributed by atoms with E-state index in [0.717, 1.165) is 22.7 Å². The van der Waals surface area contributed by atoms with Crippen molar-refractivity contribution in [2.75, 3.05) is 7.11 Å². The summed E-state index contributed by atoms with van der Waals surface area (Å²) in [5, 5.41) is 11.2. The molecule has 1 N–H and O–H groups in total. The number of carbonyl (C=O) groups excluding carboxylic acids is 1. The zero-order valence-electron chi connectivity index (χ0n) is 10.2. The highest BCUT2D eigenvalue weighted by atomic mass is 79.9. The maximum absolute atomic E-state index is 12.9. The molecule has 2 aromatic heterocycles. The first-order valence-corrected chi connectivity index (χ1v) is 8.30. The largest absolute Gasteiger partial charge is 0.477 e. The number of carboxylic acid groups (broad SMARTS) is 1. The van der Waals surface area contributed by atoms with E-state index >= 15 is 0 Å². The number of hydrogen-bond donors (Lipinski definition) is 1. The molecular formula is C12H10Br2F2O4S2. The fourth-order valence-corrected chi connectivity index (χ4v) is 3.60. The van der Waals surface area contributed by atoms with E-state index in [0.29, 0.717) is 4.47 Å². The van der Waals surface area contributed by atoms with E-state index in [-0.39, 0.29) is 21.7 Å². The van der Waals surface area contributed by atoms with Crippen molar-refractivity contribution in [2.24, 2.45) is 0 Å². The van der Waals surface area contributed by atoms with Gasteiger partial charge in [0.1, 0.15) is 9.75 Å². The van der Waals surface area contributed by atoms with Crippen molar-refractivity contribution >= 4 is 66.5 Å². The summed E-state index contributed by atoms with van der Waals surface area (Å²) in [6.07, 6.45) is 0. The number of aromatic carboxylic acids is 1. The van der Waals surface area contributed by atoms with E-state index in [1.165, 1.54) is 17.9 Å². The summed E-state index contributed by atoms with van der Waals surface area (Å²) in [5.74, 6) is -3.12. The Bertz CT molecular complexity index is 670. The Morgan fingerprint density at radius 3 is 1.73 bits per heavy atom. The molecule has 0 saturated carbocycles. The zero-order chi connectivity index (χ0) is 16.2. The van der Waals surface area contributed by atoms with E-state index in [2.05, 4.69) is 36.6 Å². The second kappa shape index (κ2) is 9.33. The maximum atomic E-state index is 12.9. The third-order valence-corrected chi connectivity index (χ3v) is 5.58. The normalized spacial score (nSPS) is 9.32. The van der Waals surface area contributed by atoms with Crippen LogP contribution in [-0.2, 0) is 4.74 Å². The summed E-state index contributed by atoms with van der Waals surface area (Å²) in [6.45, 7) is 0. The molecule has 22 heavy (non-hydrogen) atoms. The lowest BCUT2D eigenvalue weighted by molar-refractivity contribution is 0.0600. The molecule has 2 rings (SSSR count). The maximum Gasteiger partial charge on any atom is 0.351 e. The first kappa shape index (κ1) is 21.2. The third-order valence-electron chi connectivity index (χ3n) is 1.94. The van der Waals surface area contributed by atoms with Crippen molar-refractivity contribution < 1.29 is 28.2 Å². The van der Waals surface area contributed by atoms with Crippen LogP contribution in [0.3, 0.4) is 0 Å². The van der Waals surface area contributed by atoms with Crippen molar-refractivity contribution in [3.63, 3.8) is 0 Å². The van der Waals surface area contributed by atoms with Gasteiger partial charge in [0.25, 0.3) is 0 Å². The summed E-state index contributed by atoms with van der Waals surface area (Å²) in [6, 6.07) is 0. The highest BCUT2D eigenvalue weighted by molar-refractivity contribution is 9.10. The highest BCUT2D eigenvalue weighted by Gasteiger charge is 2.16. The Kier molecular flexibility index (Phi) is 8.98. The third kappa shape index (κ3) is 5.11. The number of esters is 1. The van der Waals surface area contributed by atoms with Crippen LogP contribution in [0, 0.1) is 11.6 Å². The van der Waals surface area contributed by atoms with Crippen molar-refractivity contribution in [1.82, 2.24) is 0 Å². The van der Waals surface area contributed by atoms with Gasteiger partial charge in [0.2, 0.25) is 0 Å². The molecule has 2 heterocycles. The first-order valence-electron chi connectivity index (χ1n) is 4.96. The van der Waals surface area contributed by atoms with Gasteiger partial charge in [-0.05, 0) is 31.9 Å². The van der Waals surface area contributed by atoms with E-state index in [1.807, 2.05) is 0 Å². The van der Waals surface area contributed by atoms with Crippen LogP contribution in [0.1, 0.15) is 26.8 Å². The minimum atomic E-state index is -1.23. The summed E-state index contributed by atoms with van der Waals surface area (Å²) in [7, 11) is 1.22. The van der Waals surface area contributed by atoms with Crippen LogP contribution in [0.25, 0.3) is 0 Å². The molecule has 10 heteroatoms. The van der Waals surface area contributed by atoms with E-state index < -0.39 is 23.6 Å². The van der Waals surface area contributed by atoms with Crippen LogP contribution < -0.4 is 0 Å². The molecule has 2 aromatic rings. The highest BCUT2D eigenvalue weighted by Crippen LogP contribution is 2.26. The van der Waals surface area contributed by atoms with Crippen LogP contribution in [0.5, 0.6) is 0 Å². The molecule has 0 amide bonds. The van der Waals surface area contributed by atoms with Gasteiger partial charge in [-0.2, -0.15) is 0 Å². The molecule has 0 saturated heterocycles. The molecule has 0 bridgehead atoms. The van der Waals surface area contributed by atoms with Gasteiger partial charge in [0, 0.05) is 10.8 Å². The van der Waals surface area contributed by atoms with E-state index in [1.54, 1.807) is 0 Å². The van der Waals surface area contributed by atoms with Crippen LogP contribution in [0.2, 0.25) is 0 Å². The van der Waals surface area contributed by atoms with Crippen LogP contribution >= 0.6 is 54.5 Å². The average Bonchev–Trinajstić information content (AvgIpc) is 2.95. The minimum Gasteiger partial charge on any atom is -0.477 e. The molecule has 0 spiro atoms. The fourth-order valence-electron chi connectivity index (χ4n) is 1.02. The Balaban J connectivity index is 0.000000385. The molecule has 0 fully saturated rings. The molecular weight excluding hydrogens is 470 g/mol. The molecule has 4 nitrogen and oxygen atoms in total. The van der Waals surface area contributed by atoms with Gasteiger partial charge < -0.3 is 9.84 Å². The number of halogens is 4. The summed E-state index contributed by atoms with van der Waals surface area (Å²) in [4.78, 5) is 20.7. The Labute approximate surface area is 150 Å². The molecule has 0 aromatic carbocycles. The fraction of sp³-hybridized carbons (Fsp3) is 0.167. The Morgan fingerprint density at radius 1 is 1.09 bits per heavy atom. The number of hydrogen-bond acceptors (Lipinski definition) is 5. The van der Waals surface area contributed by atoms with Gasteiger partial charge >= 0.3 is 11.9 Å². The number of carbonyl (C=O) groups is 2. The summed E-state index contributed by atoms with van der Waals surface area (Å²) in [5.41, 5.74) is 0. The molecule has 0 unspecified atom stereocenters. The van der Waals surface area contributed by atoms with Crippen LogP contribution in [0.15, 0.2) is 19.7 Å². The lowest BCUT2D eigenvalue weighted by Gasteiger charge is -1.92. The second-order valence-electron chi connectivity index (χ2n) is 3.25. The van der Waals surface area contributed by atoms with Crippen molar-refractivity contribution in [1.29, 1.82) is 0 Å². The number of methoxy groups -OCH3 is 1. The smallest absolute Gasteiger partial charge is 0.351 e. The monoisotopic (exact) mass is 478 g/mol. The van der Waals surface area contributed by atoms with Crippen molar-refractivity contribution in [2.45, 2.75) is 7.43 Å². The van der Waals surface area contributed by atoms with Gasteiger partial charge in [0.15, 0.2) is 11.6 Å². The standard InChI is InChI=1S/C6H4BrFO2S.C5H2BrFO2S.CH4/c1-10-6(9)5-4(8)3(7)2-11-5;6-2-1-10-4(3(2)7)5(8)9;/h2H,1H3;1H,(H,8,9);1H4. The molecule has 0 radical (unpaired) electrons. The number of ether oxygens (including phenoxy) is 1. The first-order chi connectivity index (χ1) is 9.79. The lowest BCUT2D eigenvalue weighted by atomic mass is 10.4. The number of carboxylic acids is 1. The molecule has 0 atom stereocenters. The summed E-state index contributed by atoms with van der Waals surface area (Å²) < 4.78 is 30.3. The number of thiophene rings is 2. The van der Waals surface area contributed by atoms with Crippen molar-refractivity contribution in [3.05, 3.63) is 41.1 Å². The second-order valence-corrected chi connectivity index (χ2v) is 6.72. The predicted octanol–water partition coefficient (Wildman–Crippen LogP) is 5.42. The van der Waals surface area contributed by atoms with Gasteiger partial charge in [-0.15, -0.1) is 22.7 Å². The Hall–Kier alpha value is -0.840. The lowest BCUT2D eigenvalue weighted by Crippen LogP contribution is -2.00. The van der Waals surface area contributed by atoms with E-state index in [9.17, 15) is 18.4 Å². The van der Waals surface area contributed by atoms with Crippen LogP contribution in [-0.4, -0.2) is 24.2 Å². The van der Waals surface area contributed by atoms with Gasteiger partial charge in [-0.3, -0.25) is 0 Å². The minimum absolute atomic E-state index is 0. The zero-order valence-corrected chi connectivity index (χ0v) is 15.0. The molecule has 122 valence electrons. The van der Waals surface area contributed by atoms with Crippen molar-refractivity contribution in [3.8, 4) is 0 Å². The van der Waals surface area contributed by atoms with Gasteiger partial charge in [0.05, 0.1) is 16.1 Å². The van der Waals surface area contributed by atoms with E-state index in [4.69, 9.17) is 5.11 Å². The van der Waals surface area contributed by atoms with Crippen LogP contribution in [0.4, 0.5) is 8.78 Å². The summed E-state index contributed by atoms with van der Waals surface area (Å²) >= 11 is 7.67. The van der Waals surface area contributed by atoms with Gasteiger partial charge in [-0.1, -0.05) is 7.43 Å². The predicted molar refractivity (Wildman–Crippen MR) is 89.0 cm³/mol.